The van der Waals surface area contributed by atoms with E-state index in [-0.39, 0.29) is 17.7 Å². The van der Waals surface area contributed by atoms with Crippen molar-refractivity contribution in [2.24, 2.45) is 0 Å². The second kappa shape index (κ2) is 6.90. The molecule has 0 radical (unpaired) electrons. The number of benzene rings is 1. The minimum atomic E-state index is -0.162. The average molecular weight is 288 g/mol. The van der Waals surface area contributed by atoms with Crippen LogP contribution in [0.2, 0.25) is 5.02 Å². The van der Waals surface area contributed by atoms with Crippen LogP contribution < -0.4 is 0 Å². The van der Waals surface area contributed by atoms with Crippen molar-refractivity contribution in [3.63, 3.8) is 0 Å². The fourth-order valence-electron chi connectivity index (χ4n) is 1.55. The van der Waals surface area contributed by atoms with Gasteiger partial charge in [0.25, 0.3) is 5.91 Å². The zero-order chi connectivity index (χ0) is 13.7. The summed E-state index contributed by atoms with van der Waals surface area (Å²) in [5, 5.41) is 9.78. The second-order valence-corrected chi connectivity index (χ2v) is 5.60. The number of carbonyl (C=O) groups is 1. The van der Waals surface area contributed by atoms with Gasteiger partial charge in [0.05, 0.1) is 10.6 Å². The number of phenols is 1. The summed E-state index contributed by atoms with van der Waals surface area (Å²) in [6.07, 6.45) is 2.97. The van der Waals surface area contributed by atoms with Crippen LogP contribution in [0.5, 0.6) is 5.75 Å². The Morgan fingerprint density at radius 1 is 1.56 bits per heavy atom. The number of amides is 1. The maximum Gasteiger partial charge on any atom is 0.255 e. The molecule has 0 aromatic heterocycles. The van der Waals surface area contributed by atoms with Gasteiger partial charge in [0.1, 0.15) is 5.75 Å². The molecule has 0 aliphatic carbocycles. The molecule has 18 heavy (non-hydrogen) atoms. The maximum absolute atomic E-state index is 12.2. The standard InChI is InChI=1S/C13H18ClNO2S/c1-9(6-7-18-3)15(2)13(17)11-8-10(16)4-5-12(11)14/h4-5,8-9,16H,6-7H2,1-3H3. The van der Waals surface area contributed by atoms with Crippen molar-refractivity contribution < 1.29 is 9.90 Å². The van der Waals surface area contributed by atoms with Gasteiger partial charge in [0, 0.05) is 13.1 Å². The van der Waals surface area contributed by atoms with Crippen molar-refractivity contribution in [1.82, 2.24) is 4.90 Å². The van der Waals surface area contributed by atoms with E-state index in [2.05, 4.69) is 0 Å². The first-order valence-corrected chi connectivity index (χ1v) is 7.49. The molecule has 0 aliphatic rings. The number of carbonyl (C=O) groups excluding carboxylic acids is 1. The van der Waals surface area contributed by atoms with E-state index in [0.29, 0.717) is 10.6 Å². The topological polar surface area (TPSA) is 40.5 Å². The molecule has 0 saturated heterocycles. The summed E-state index contributed by atoms with van der Waals surface area (Å²) < 4.78 is 0. The SMILES string of the molecule is CSCCC(C)N(C)C(=O)c1cc(O)ccc1Cl. The Kier molecular flexibility index (Phi) is 5.82. The molecule has 1 amide bonds. The van der Waals surface area contributed by atoms with Gasteiger partial charge in [-0.2, -0.15) is 11.8 Å². The van der Waals surface area contributed by atoms with E-state index >= 15 is 0 Å². The minimum Gasteiger partial charge on any atom is -0.508 e. The van der Waals surface area contributed by atoms with Crippen LogP contribution in [0.1, 0.15) is 23.7 Å². The van der Waals surface area contributed by atoms with Gasteiger partial charge in [0.2, 0.25) is 0 Å². The second-order valence-electron chi connectivity index (χ2n) is 4.21. The van der Waals surface area contributed by atoms with Crippen molar-refractivity contribution in [1.29, 1.82) is 0 Å². The Hall–Kier alpha value is -0.870. The first-order chi connectivity index (χ1) is 8.47. The van der Waals surface area contributed by atoms with Gasteiger partial charge in [-0.25, -0.2) is 0 Å². The molecule has 0 bridgehead atoms. The van der Waals surface area contributed by atoms with E-state index in [4.69, 9.17) is 11.6 Å². The van der Waals surface area contributed by atoms with Crippen molar-refractivity contribution in [2.75, 3.05) is 19.1 Å². The molecule has 1 aromatic rings. The molecule has 100 valence electrons. The number of phenolic OH excluding ortho intramolecular Hbond substituents is 1. The summed E-state index contributed by atoms with van der Waals surface area (Å²) in [6.45, 7) is 2.00. The number of hydrogen-bond donors (Lipinski definition) is 1. The Morgan fingerprint density at radius 2 is 2.22 bits per heavy atom. The smallest absolute Gasteiger partial charge is 0.255 e. The van der Waals surface area contributed by atoms with Gasteiger partial charge < -0.3 is 10.0 Å². The first kappa shape index (κ1) is 15.2. The highest BCUT2D eigenvalue weighted by molar-refractivity contribution is 7.98. The molecule has 0 aliphatic heterocycles. The third-order valence-corrected chi connectivity index (χ3v) is 3.88. The van der Waals surface area contributed by atoms with Gasteiger partial charge in [-0.3, -0.25) is 4.79 Å². The molecule has 0 heterocycles. The van der Waals surface area contributed by atoms with Crippen LogP contribution in [0, 0.1) is 0 Å². The van der Waals surface area contributed by atoms with Crippen LogP contribution in [-0.4, -0.2) is 41.0 Å². The van der Waals surface area contributed by atoms with Crippen molar-refractivity contribution >= 4 is 29.3 Å². The lowest BCUT2D eigenvalue weighted by atomic mass is 10.1. The zero-order valence-electron chi connectivity index (χ0n) is 10.8. The largest absolute Gasteiger partial charge is 0.508 e. The third kappa shape index (κ3) is 3.82. The van der Waals surface area contributed by atoms with Gasteiger partial charge in [-0.05, 0) is 43.6 Å². The van der Waals surface area contributed by atoms with Crippen LogP contribution in [0.4, 0.5) is 0 Å². The van der Waals surface area contributed by atoms with Crippen LogP contribution in [0.25, 0.3) is 0 Å². The monoisotopic (exact) mass is 287 g/mol. The Balaban J connectivity index is 2.82. The predicted molar refractivity (Wildman–Crippen MR) is 77.7 cm³/mol. The summed E-state index contributed by atoms with van der Waals surface area (Å²) in [5.41, 5.74) is 0.343. The normalized spacial score (nSPS) is 12.2. The highest BCUT2D eigenvalue weighted by Gasteiger charge is 2.19. The molecule has 3 nitrogen and oxygen atoms in total. The predicted octanol–water partition coefficient (Wildman–Crippen LogP) is 3.26. The molecular formula is C13H18ClNO2S. The molecule has 1 rings (SSSR count). The Morgan fingerprint density at radius 3 is 2.83 bits per heavy atom. The lowest BCUT2D eigenvalue weighted by Crippen LogP contribution is -2.35. The van der Waals surface area contributed by atoms with Crippen LogP contribution >= 0.6 is 23.4 Å². The number of rotatable bonds is 5. The summed E-state index contributed by atoms with van der Waals surface area (Å²) in [6, 6.07) is 4.55. The van der Waals surface area contributed by atoms with Gasteiger partial charge >= 0.3 is 0 Å². The molecule has 1 atom stereocenters. The molecule has 1 N–H and O–H groups in total. The van der Waals surface area contributed by atoms with Crippen LogP contribution in [0.3, 0.4) is 0 Å². The highest BCUT2D eigenvalue weighted by Crippen LogP contribution is 2.23. The van der Waals surface area contributed by atoms with E-state index < -0.39 is 0 Å². The van der Waals surface area contributed by atoms with E-state index in [1.165, 1.54) is 18.2 Å². The van der Waals surface area contributed by atoms with E-state index in [1.807, 2.05) is 13.2 Å². The van der Waals surface area contributed by atoms with E-state index in [9.17, 15) is 9.90 Å². The van der Waals surface area contributed by atoms with E-state index in [0.717, 1.165) is 12.2 Å². The Bertz CT molecular complexity index is 425. The number of nitrogens with zero attached hydrogens (tertiary/aromatic N) is 1. The fraction of sp³-hybridized carbons (Fsp3) is 0.462. The molecule has 0 spiro atoms. The van der Waals surface area contributed by atoms with Gasteiger partial charge in [-0.15, -0.1) is 0 Å². The molecule has 1 aromatic carbocycles. The molecule has 0 saturated carbocycles. The van der Waals surface area contributed by atoms with Gasteiger partial charge in [-0.1, -0.05) is 11.6 Å². The number of halogens is 1. The zero-order valence-corrected chi connectivity index (χ0v) is 12.4. The average Bonchev–Trinajstić information content (AvgIpc) is 2.37. The van der Waals surface area contributed by atoms with Crippen molar-refractivity contribution in [3.8, 4) is 5.75 Å². The summed E-state index contributed by atoms with van der Waals surface area (Å²) in [5.74, 6) is 0.893. The summed E-state index contributed by atoms with van der Waals surface area (Å²) >= 11 is 7.74. The molecule has 0 fully saturated rings. The van der Waals surface area contributed by atoms with Gasteiger partial charge in [0.15, 0.2) is 0 Å². The first-order valence-electron chi connectivity index (χ1n) is 5.72. The van der Waals surface area contributed by atoms with E-state index in [1.54, 1.807) is 23.7 Å². The highest BCUT2D eigenvalue weighted by atomic mass is 35.5. The quantitative estimate of drug-likeness (QED) is 0.904. The molecular weight excluding hydrogens is 270 g/mol. The number of hydrogen-bond acceptors (Lipinski definition) is 3. The fourth-order valence-corrected chi connectivity index (χ4v) is 2.32. The van der Waals surface area contributed by atoms with Crippen molar-refractivity contribution in [3.05, 3.63) is 28.8 Å². The Labute approximate surface area is 117 Å². The number of thioether (sulfide) groups is 1. The van der Waals surface area contributed by atoms with Crippen LogP contribution in [0.15, 0.2) is 18.2 Å². The summed E-state index contributed by atoms with van der Waals surface area (Å²) in [7, 11) is 1.76. The number of aromatic hydroxyl groups is 1. The lowest BCUT2D eigenvalue weighted by Gasteiger charge is -2.25. The molecule has 1 unspecified atom stereocenters. The third-order valence-electron chi connectivity index (χ3n) is 2.90. The lowest BCUT2D eigenvalue weighted by molar-refractivity contribution is 0.0741. The van der Waals surface area contributed by atoms with Crippen molar-refractivity contribution in [2.45, 2.75) is 19.4 Å². The maximum atomic E-state index is 12.2. The minimum absolute atomic E-state index is 0.0490. The summed E-state index contributed by atoms with van der Waals surface area (Å²) in [4.78, 5) is 13.9. The van der Waals surface area contributed by atoms with Crippen LogP contribution in [-0.2, 0) is 0 Å². The molecule has 5 heteroatoms.